The average Bonchev–Trinajstić information content (AvgIpc) is 2.41. The Morgan fingerprint density at radius 2 is 2.27 bits per heavy atom. The van der Waals surface area contributed by atoms with Gasteiger partial charge in [-0.15, -0.1) is 0 Å². The molecule has 80 valence electrons. The highest BCUT2D eigenvalue weighted by molar-refractivity contribution is 5.72. The highest BCUT2D eigenvalue weighted by Gasteiger charge is 2.19. The van der Waals surface area contributed by atoms with Crippen LogP contribution in [0.5, 0.6) is 5.75 Å². The Morgan fingerprint density at radius 1 is 1.47 bits per heavy atom. The van der Waals surface area contributed by atoms with Crippen LogP contribution in [0.3, 0.4) is 0 Å². The van der Waals surface area contributed by atoms with Crippen LogP contribution in [0.25, 0.3) is 0 Å². The molecular weight excluding hydrogens is 192 g/mol. The Bertz CT molecular complexity index is 365. The zero-order valence-corrected chi connectivity index (χ0v) is 8.40. The highest BCUT2D eigenvalue weighted by Crippen LogP contribution is 2.30. The monoisotopic (exact) mass is 206 g/mol. The first kappa shape index (κ1) is 9.83. The van der Waals surface area contributed by atoms with Crippen LogP contribution in [-0.2, 0) is 0 Å². The topological polar surface area (TPSA) is 64.4 Å². The second kappa shape index (κ2) is 4.21. The van der Waals surface area contributed by atoms with Crippen LogP contribution in [0.2, 0.25) is 0 Å². The van der Waals surface area contributed by atoms with Crippen LogP contribution in [0, 0.1) is 0 Å². The predicted molar refractivity (Wildman–Crippen MR) is 56.6 cm³/mol. The number of carbonyl (C=O) groups is 1. The summed E-state index contributed by atoms with van der Waals surface area (Å²) in [6, 6.07) is 7.21. The summed E-state index contributed by atoms with van der Waals surface area (Å²) >= 11 is 0. The number of ether oxygens (including phenoxy) is 1. The van der Waals surface area contributed by atoms with Crippen molar-refractivity contribution in [2.24, 2.45) is 5.73 Å². The van der Waals surface area contributed by atoms with Gasteiger partial charge in [0.25, 0.3) is 0 Å². The molecule has 4 nitrogen and oxygen atoms in total. The van der Waals surface area contributed by atoms with Crippen molar-refractivity contribution < 1.29 is 9.53 Å². The normalized spacial score (nSPS) is 19.6. The van der Waals surface area contributed by atoms with Gasteiger partial charge in [-0.2, -0.15) is 0 Å². The fraction of sp³-hybridized carbons (Fsp3) is 0.364. The van der Waals surface area contributed by atoms with Crippen LogP contribution >= 0.6 is 0 Å². The summed E-state index contributed by atoms with van der Waals surface area (Å²) in [4.78, 5) is 10.9. The first-order valence-electron chi connectivity index (χ1n) is 5.05. The molecule has 1 aliphatic rings. The molecule has 2 rings (SSSR count). The van der Waals surface area contributed by atoms with E-state index < -0.39 is 6.03 Å². The summed E-state index contributed by atoms with van der Waals surface area (Å²) in [6.45, 7) is 0.688. The highest BCUT2D eigenvalue weighted by atomic mass is 16.5. The van der Waals surface area contributed by atoms with Gasteiger partial charge in [0.1, 0.15) is 5.75 Å². The quantitative estimate of drug-likeness (QED) is 0.732. The first-order valence-corrected chi connectivity index (χ1v) is 5.05. The molecule has 15 heavy (non-hydrogen) atoms. The maximum absolute atomic E-state index is 10.9. The zero-order valence-electron chi connectivity index (χ0n) is 8.40. The van der Waals surface area contributed by atoms with E-state index in [4.69, 9.17) is 10.5 Å². The number of primary amides is 1. The lowest BCUT2D eigenvalue weighted by atomic mass is 10.0. The molecule has 0 aromatic heterocycles. The van der Waals surface area contributed by atoms with Gasteiger partial charge in [0.05, 0.1) is 12.6 Å². The van der Waals surface area contributed by atoms with Gasteiger partial charge in [0, 0.05) is 5.56 Å². The number of benzene rings is 1. The summed E-state index contributed by atoms with van der Waals surface area (Å²) in [6.07, 6.45) is 1.78. The third-order valence-corrected chi connectivity index (χ3v) is 2.51. The van der Waals surface area contributed by atoms with Gasteiger partial charge >= 0.3 is 6.03 Å². The molecule has 1 heterocycles. The number of hydrogen-bond acceptors (Lipinski definition) is 2. The van der Waals surface area contributed by atoms with Gasteiger partial charge in [0.15, 0.2) is 0 Å². The Balaban J connectivity index is 2.28. The number of nitrogens with one attached hydrogen (secondary N) is 1. The lowest BCUT2D eigenvalue weighted by molar-refractivity contribution is 0.244. The van der Waals surface area contributed by atoms with Crippen LogP contribution in [-0.4, -0.2) is 12.6 Å². The van der Waals surface area contributed by atoms with E-state index in [1.54, 1.807) is 0 Å². The zero-order chi connectivity index (χ0) is 10.7. The SMILES string of the molecule is NC(=O)N[C@H]1CCCOc2ccccc21. The molecule has 3 N–H and O–H groups in total. The second-order valence-corrected chi connectivity index (χ2v) is 3.59. The van der Waals surface area contributed by atoms with Crippen molar-refractivity contribution in [2.75, 3.05) is 6.61 Å². The van der Waals surface area contributed by atoms with Crippen molar-refractivity contribution in [3.05, 3.63) is 29.8 Å². The predicted octanol–water partition coefficient (Wildman–Crippen LogP) is 1.57. The molecule has 1 aromatic rings. The van der Waals surface area contributed by atoms with Crippen LogP contribution < -0.4 is 15.8 Å². The molecule has 0 radical (unpaired) electrons. The molecular formula is C11H14N2O2. The van der Waals surface area contributed by atoms with Crippen LogP contribution in [0.1, 0.15) is 24.4 Å². The number of urea groups is 1. The maximum atomic E-state index is 10.9. The molecule has 1 aliphatic heterocycles. The standard InChI is InChI=1S/C11H14N2O2/c12-11(14)13-9-5-3-7-15-10-6-2-1-4-8(9)10/h1-2,4,6,9H,3,5,7H2,(H3,12,13,14)/t9-/m0/s1. The number of rotatable bonds is 1. The smallest absolute Gasteiger partial charge is 0.312 e. The summed E-state index contributed by atoms with van der Waals surface area (Å²) in [7, 11) is 0. The van der Waals surface area contributed by atoms with E-state index in [1.807, 2.05) is 24.3 Å². The maximum Gasteiger partial charge on any atom is 0.312 e. The Morgan fingerprint density at radius 3 is 3.07 bits per heavy atom. The summed E-state index contributed by atoms with van der Waals surface area (Å²) in [5.74, 6) is 0.841. The molecule has 0 spiro atoms. The van der Waals surface area contributed by atoms with E-state index >= 15 is 0 Å². The van der Waals surface area contributed by atoms with Crippen LogP contribution in [0.15, 0.2) is 24.3 Å². The molecule has 0 bridgehead atoms. The van der Waals surface area contributed by atoms with Gasteiger partial charge in [-0.3, -0.25) is 0 Å². The van der Waals surface area contributed by atoms with E-state index in [2.05, 4.69) is 5.32 Å². The van der Waals surface area contributed by atoms with Crippen molar-refractivity contribution in [3.63, 3.8) is 0 Å². The number of carbonyl (C=O) groups excluding carboxylic acids is 1. The van der Waals surface area contributed by atoms with Gasteiger partial charge in [0.2, 0.25) is 0 Å². The van der Waals surface area contributed by atoms with E-state index in [1.165, 1.54) is 0 Å². The van der Waals surface area contributed by atoms with Crippen molar-refractivity contribution >= 4 is 6.03 Å². The lowest BCUT2D eigenvalue weighted by Crippen LogP contribution is -2.33. The summed E-state index contributed by atoms with van der Waals surface area (Å²) < 4.78 is 5.57. The third-order valence-electron chi connectivity index (χ3n) is 2.51. The fourth-order valence-electron chi connectivity index (χ4n) is 1.85. The molecule has 0 saturated heterocycles. The number of hydrogen-bond donors (Lipinski definition) is 2. The minimum absolute atomic E-state index is 0.0267. The molecule has 4 heteroatoms. The Labute approximate surface area is 88.4 Å². The lowest BCUT2D eigenvalue weighted by Gasteiger charge is -2.16. The fourth-order valence-corrected chi connectivity index (χ4v) is 1.85. The van der Waals surface area contributed by atoms with Crippen molar-refractivity contribution in [2.45, 2.75) is 18.9 Å². The average molecular weight is 206 g/mol. The molecule has 1 atom stereocenters. The molecule has 0 aliphatic carbocycles. The van der Waals surface area contributed by atoms with E-state index in [0.717, 1.165) is 24.2 Å². The van der Waals surface area contributed by atoms with Crippen molar-refractivity contribution in [1.29, 1.82) is 0 Å². The van der Waals surface area contributed by atoms with Crippen molar-refractivity contribution in [1.82, 2.24) is 5.32 Å². The van der Waals surface area contributed by atoms with Gasteiger partial charge in [-0.25, -0.2) is 4.79 Å². The first-order chi connectivity index (χ1) is 7.27. The molecule has 0 unspecified atom stereocenters. The number of para-hydroxylation sites is 1. The number of fused-ring (bicyclic) bond motifs is 1. The van der Waals surface area contributed by atoms with Crippen LogP contribution in [0.4, 0.5) is 4.79 Å². The summed E-state index contributed by atoms with van der Waals surface area (Å²) in [5.41, 5.74) is 6.15. The van der Waals surface area contributed by atoms with E-state index in [-0.39, 0.29) is 6.04 Å². The van der Waals surface area contributed by atoms with E-state index in [0.29, 0.717) is 6.61 Å². The third kappa shape index (κ3) is 2.21. The molecule has 0 saturated carbocycles. The van der Waals surface area contributed by atoms with Gasteiger partial charge < -0.3 is 15.8 Å². The number of nitrogens with two attached hydrogens (primary N) is 1. The molecule has 2 amide bonds. The minimum atomic E-state index is -0.489. The number of amides is 2. The summed E-state index contributed by atoms with van der Waals surface area (Å²) in [5, 5.41) is 2.74. The Hall–Kier alpha value is -1.71. The van der Waals surface area contributed by atoms with Crippen molar-refractivity contribution in [3.8, 4) is 5.75 Å². The second-order valence-electron chi connectivity index (χ2n) is 3.59. The molecule has 0 fully saturated rings. The van der Waals surface area contributed by atoms with E-state index in [9.17, 15) is 4.79 Å². The molecule has 1 aromatic carbocycles. The van der Waals surface area contributed by atoms with Gasteiger partial charge in [-0.05, 0) is 18.9 Å². The Kier molecular flexibility index (Phi) is 2.76. The minimum Gasteiger partial charge on any atom is -0.493 e. The van der Waals surface area contributed by atoms with Gasteiger partial charge in [-0.1, -0.05) is 18.2 Å². The largest absolute Gasteiger partial charge is 0.493 e.